The molecule has 9 heteroatoms. The van der Waals surface area contributed by atoms with E-state index in [4.69, 9.17) is 16.1 Å². The fourth-order valence-corrected chi connectivity index (χ4v) is 3.95. The van der Waals surface area contributed by atoms with Crippen molar-refractivity contribution in [2.75, 3.05) is 11.4 Å². The van der Waals surface area contributed by atoms with Crippen molar-refractivity contribution in [1.29, 1.82) is 0 Å². The molecule has 7 nitrogen and oxygen atoms in total. The number of hydrogen-bond donors (Lipinski definition) is 1. The molecule has 1 aromatic carbocycles. The highest BCUT2D eigenvalue weighted by atomic mass is 35.5. The van der Waals surface area contributed by atoms with Gasteiger partial charge in [0.2, 0.25) is 5.91 Å². The summed E-state index contributed by atoms with van der Waals surface area (Å²) in [6.45, 7) is 0.899. The van der Waals surface area contributed by atoms with Gasteiger partial charge in [-0.1, -0.05) is 16.8 Å². The summed E-state index contributed by atoms with van der Waals surface area (Å²) in [5.74, 6) is 0.655. The van der Waals surface area contributed by atoms with Gasteiger partial charge in [0, 0.05) is 24.2 Å². The number of carbonyl (C=O) groups is 2. The highest BCUT2D eigenvalue weighted by molar-refractivity contribution is 7.17. The maximum Gasteiger partial charge on any atom is 0.261 e. The molecule has 0 aliphatic carbocycles. The Morgan fingerprint density at radius 1 is 1.21 bits per heavy atom. The number of thiophene rings is 1. The van der Waals surface area contributed by atoms with E-state index in [-0.39, 0.29) is 18.4 Å². The zero-order valence-corrected chi connectivity index (χ0v) is 16.4. The van der Waals surface area contributed by atoms with Crippen molar-refractivity contribution in [3.63, 3.8) is 0 Å². The van der Waals surface area contributed by atoms with Gasteiger partial charge in [0.1, 0.15) is 0 Å². The third-order valence-electron chi connectivity index (χ3n) is 4.42. The van der Waals surface area contributed by atoms with Crippen molar-refractivity contribution >= 4 is 40.4 Å². The van der Waals surface area contributed by atoms with Gasteiger partial charge in [-0.3, -0.25) is 9.59 Å². The third kappa shape index (κ3) is 4.07. The second kappa shape index (κ2) is 8.12. The van der Waals surface area contributed by atoms with E-state index in [0.717, 1.165) is 30.6 Å². The summed E-state index contributed by atoms with van der Waals surface area (Å²) in [7, 11) is 0. The Labute approximate surface area is 170 Å². The molecular formula is C19H17ClN4O3S. The van der Waals surface area contributed by atoms with E-state index in [9.17, 15) is 9.59 Å². The summed E-state index contributed by atoms with van der Waals surface area (Å²) >= 11 is 7.05. The van der Waals surface area contributed by atoms with Crippen molar-refractivity contribution in [2.24, 2.45) is 0 Å². The number of piperidine rings is 1. The molecule has 3 heterocycles. The number of amides is 2. The molecule has 0 radical (unpaired) electrons. The lowest BCUT2D eigenvalue weighted by molar-refractivity contribution is -0.119. The van der Waals surface area contributed by atoms with Crippen LogP contribution in [0.4, 0.5) is 5.69 Å². The van der Waals surface area contributed by atoms with Crippen LogP contribution in [-0.2, 0) is 11.3 Å². The monoisotopic (exact) mass is 416 g/mol. The van der Waals surface area contributed by atoms with E-state index < -0.39 is 0 Å². The van der Waals surface area contributed by atoms with Crippen molar-refractivity contribution in [2.45, 2.75) is 25.8 Å². The summed E-state index contributed by atoms with van der Waals surface area (Å²) in [5.41, 5.74) is 1.62. The number of halogens is 1. The number of anilines is 1. The minimum Gasteiger partial charge on any atom is -0.344 e. The van der Waals surface area contributed by atoms with Crippen molar-refractivity contribution in [3.8, 4) is 11.5 Å². The largest absolute Gasteiger partial charge is 0.344 e. The summed E-state index contributed by atoms with van der Waals surface area (Å²) in [6.07, 6.45) is 2.57. The summed E-state index contributed by atoms with van der Waals surface area (Å²) < 4.78 is 5.84. The first-order valence-corrected chi connectivity index (χ1v) is 10.1. The molecule has 2 aromatic heterocycles. The molecule has 3 aromatic rings. The lowest BCUT2D eigenvalue weighted by Gasteiger charge is -2.26. The Bertz CT molecular complexity index is 999. The SMILES string of the molecule is O=C(NCc1noc(-c2ccc(N3CCCCC3=O)cc2)n1)c1ccc(Cl)s1. The molecular weight excluding hydrogens is 400 g/mol. The van der Waals surface area contributed by atoms with E-state index in [2.05, 4.69) is 15.5 Å². The quantitative estimate of drug-likeness (QED) is 0.681. The average molecular weight is 417 g/mol. The molecule has 2 amide bonds. The first-order valence-electron chi connectivity index (χ1n) is 8.87. The van der Waals surface area contributed by atoms with Crippen molar-refractivity contribution in [1.82, 2.24) is 15.5 Å². The van der Waals surface area contributed by atoms with Crippen LogP contribution in [0.25, 0.3) is 11.5 Å². The Morgan fingerprint density at radius 3 is 2.75 bits per heavy atom. The molecule has 0 bridgehead atoms. The normalized spacial score (nSPS) is 14.3. The molecule has 0 spiro atoms. The maximum atomic E-state index is 12.0. The van der Waals surface area contributed by atoms with E-state index in [1.165, 1.54) is 11.3 Å². The van der Waals surface area contributed by atoms with Crippen LogP contribution in [0.15, 0.2) is 40.9 Å². The fraction of sp³-hybridized carbons (Fsp3) is 0.263. The first-order chi connectivity index (χ1) is 13.6. The smallest absolute Gasteiger partial charge is 0.261 e. The Kier molecular flexibility index (Phi) is 5.40. The van der Waals surface area contributed by atoms with Gasteiger partial charge in [-0.25, -0.2) is 0 Å². The minimum atomic E-state index is -0.237. The minimum absolute atomic E-state index is 0.151. The second-order valence-electron chi connectivity index (χ2n) is 6.35. The Balaban J connectivity index is 1.39. The number of benzene rings is 1. The first kappa shape index (κ1) is 18.6. The maximum absolute atomic E-state index is 12.0. The van der Waals surface area contributed by atoms with Crippen LogP contribution in [0, 0.1) is 0 Å². The number of aromatic nitrogens is 2. The van der Waals surface area contributed by atoms with Crippen molar-refractivity contribution in [3.05, 3.63) is 51.4 Å². The van der Waals surface area contributed by atoms with Gasteiger partial charge in [-0.05, 0) is 49.2 Å². The predicted molar refractivity (Wildman–Crippen MR) is 106 cm³/mol. The molecule has 1 aliphatic rings. The van der Waals surface area contributed by atoms with Gasteiger partial charge in [0.05, 0.1) is 15.8 Å². The summed E-state index contributed by atoms with van der Waals surface area (Å²) in [4.78, 5) is 30.7. The van der Waals surface area contributed by atoms with Crippen LogP contribution < -0.4 is 10.2 Å². The van der Waals surface area contributed by atoms with Crippen LogP contribution in [-0.4, -0.2) is 28.5 Å². The van der Waals surface area contributed by atoms with Gasteiger partial charge in [-0.2, -0.15) is 4.98 Å². The molecule has 0 unspecified atom stereocenters. The van der Waals surface area contributed by atoms with Crippen LogP contribution in [0.1, 0.15) is 34.8 Å². The molecule has 1 saturated heterocycles. The molecule has 28 heavy (non-hydrogen) atoms. The second-order valence-corrected chi connectivity index (χ2v) is 8.07. The molecule has 144 valence electrons. The standard InChI is InChI=1S/C19H17ClN4O3S/c20-15-9-8-14(28-15)18(26)21-11-16-22-19(27-23-16)12-4-6-13(7-5-12)24-10-2-1-3-17(24)25/h4-9H,1-3,10-11H2,(H,21,26). The Morgan fingerprint density at radius 2 is 2.04 bits per heavy atom. The van der Waals surface area contributed by atoms with Gasteiger partial charge < -0.3 is 14.7 Å². The van der Waals surface area contributed by atoms with E-state index in [0.29, 0.717) is 27.3 Å². The van der Waals surface area contributed by atoms with Crippen LogP contribution >= 0.6 is 22.9 Å². The van der Waals surface area contributed by atoms with E-state index in [1.54, 1.807) is 17.0 Å². The number of nitrogens with zero attached hydrogens (tertiary/aromatic N) is 3. The third-order valence-corrected chi connectivity index (χ3v) is 5.65. The zero-order valence-electron chi connectivity index (χ0n) is 14.9. The lowest BCUT2D eigenvalue weighted by Crippen LogP contribution is -2.35. The average Bonchev–Trinajstić information content (AvgIpc) is 3.36. The Hall–Kier alpha value is -2.71. The van der Waals surface area contributed by atoms with Crippen LogP contribution in [0.3, 0.4) is 0 Å². The number of nitrogens with one attached hydrogen (secondary N) is 1. The lowest BCUT2D eigenvalue weighted by atomic mass is 10.1. The predicted octanol–water partition coefficient (Wildman–Crippen LogP) is 3.90. The molecule has 1 N–H and O–H groups in total. The van der Waals surface area contributed by atoms with Gasteiger partial charge in [0.15, 0.2) is 5.82 Å². The molecule has 1 aliphatic heterocycles. The van der Waals surface area contributed by atoms with Gasteiger partial charge in [0.25, 0.3) is 11.8 Å². The molecule has 4 rings (SSSR count). The number of rotatable bonds is 5. The molecule has 1 fully saturated rings. The van der Waals surface area contributed by atoms with E-state index in [1.807, 2.05) is 24.3 Å². The number of carbonyl (C=O) groups excluding carboxylic acids is 2. The van der Waals surface area contributed by atoms with Crippen molar-refractivity contribution < 1.29 is 14.1 Å². The summed E-state index contributed by atoms with van der Waals surface area (Å²) in [6, 6.07) is 10.8. The van der Waals surface area contributed by atoms with Gasteiger partial charge in [-0.15, -0.1) is 11.3 Å². The fourth-order valence-electron chi connectivity index (χ4n) is 2.99. The highest BCUT2D eigenvalue weighted by Gasteiger charge is 2.20. The highest BCUT2D eigenvalue weighted by Crippen LogP contribution is 2.25. The number of hydrogen-bond acceptors (Lipinski definition) is 6. The topological polar surface area (TPSA) is 88.3 Å². The molecule has 0 saturated carbocycles. The zero-order chi connectivity index (χ0) is 19.5. The van der Waals surface area contributed by atoms with E-state index >= 15 is 0 Å². The van der Waals surface area contributed by atoms with Crippen LogP contribution in [0.2, 0.25) is 4.34 Å². The summed E-state index contributed by atoms with van der Waals surface area (Å²) in [5, 5.41) is 6.63. The van der Waals surface area contributed by atoms with Crippen LogP contribution in [0.5, 0.6) is 0 Å². The van der Waals surface area contributed by atoms with Gasteiger partial charge >= 0.3 is 0 Å². The molecule has 0 atom stereocenters.